The highest BCUT2D eigenvalue weighted by molar-refractivity contribution is 5.74. The number of nitrogens with zero attached hydrogens (tertiary/aromatic N) is 1. The first-order valence-electron chi connectivity index (χ1n) is 10.0. The van der Waals surface area contributed by atoms with Gasteiger partial charge in [-0.15, -0.1) is 0 Å². The lowest BCUT2D eigenvalue weighted by molar-refractivity contribution is 0.228. The monoisotopic (exact) mass is 397 g/mol. The van der Waals surface area contributed by atoms with Gasteiger partial charge < -0.3 is 25.0 Å². The van der Waals surface area contributed by atoms with Crippen molar-refractivity contribution in [2.24, 2.45) is 5.92 Å². The predicted molar refractivity (Wildman–Crippen MR) is 114 cm³/mol. The third kappa shape index (κ3) is 5.64. The second kappa shape index (κ2) is 9.65. The van der Waals surface area contributed by atoms with E-state index in [1.54, 1.807) is 14.2 Å². The van der Waals surface area contributed by atoms with E-state index >= 15 is 0 Å². The Labute approximate surface area is 173 Å². The maximum Gasteiger partial charge on any atom is 0.315 e. The van der Waals surface area contributed by atoms with Gasteiger partial charge in [0.2, 0.25) is 0 Å². The largest absolute Gasteiger partial charge is 0.497 e. The molecular weight excluding hydrogens is 366 g/mol. The zero-order chi connectivity index (χ0) is 20.8. The molecule has 1 saturated carbocycles. The van der Waals surface area contributed by atoms with E-state index in [4.69, 9.17) is 9.47 Å². The van der Waals surface area contributed by atoms with Gasteiger partial charge in [0.15, 0.2) is 0 Å². The van der Waals surface area contributed by atoms with Gasteiger partial charge in [0.05, 0.1) is 26.3 Å². The molecule has 0 spiro atoms. The van der Waals surface area contributed by atoms with Crippen molar-refractivity contribution in [2.45, 2.75) is 24.9 Å². The zero-order valence-electron chi connectivity index (χ0n) is 17.6. The molecule has 29 heavy (non-hydrogen) atoms. The van der Waals surface area contributed by atoms with Gasteiger partial charge in [-0.1, -0.05) is 24.3 Å². The Bertz CT molecular complexity index is 786. The second-order valence-corrected chi connectivity index (χ2v) is 7.70. The van der Waals surface area contributed by atoms with Crippen molar-refractivity contribution in [3.63, 3.8) is 0 Å². The van der Waals surface area contributed by atoms with E-state index < -0.39 is 0 Å². The number of rotatable bonds is 9. The molecule has 156 valence electrons. The average Bonchev–Trinajstić information content (AvgIpc) is 3.58. The molecule has 0 radical (unpaired) electrons. The molecule has 2 atom stereocenters. The number of carbonyl (C=O) groups is 1. The lowest BCUT2D eigenvalue weighted by atomic mass is 10.0. The number of ether oxygens (including phenoxy) is 2. The minimum atomic E-state index is -0.141. The molecule has 0 aliphatic heterocycles. The van der Waals surface area contributed by atoms with Crippen molar-refractivity contribution in [1.82, 2.24) is 15.5 Å². The summed E-state index contributed by atoms with van der Waals surface area (Å²) in [6.07, 6.45) is 2.28. The lowest BCUT2D eigenvalue weighted by Crippen LogP contribution is -2.42. The maximum absolute atomic E-state index is 12.7. The van der Waals surface area contributed by atoms with Gasteiger partial charge in [0.1, 0.15) is 11.5 Å². The van der Waals surface area contributed by atoms with Crippen LogP contribution in [0.15, 0.2) is 48.5 Å². The molecule has 6 nitrogen and oxygen atoms in total. The molecule has 2 unspecified atom stereocenters. The standard InChI is InChI=1S/C23H31N3O3/c1-26(2)21(16-7-11-19(28-3)12-8-16)15-24-23(27)25-22(17-5-6-17)18-9-13-20(29-4)14-10-18/h7-14,17,21-22H,5-6,15H2,1-4H3,(H2,24,25,27). The summed E-state index contributed by atoms with van der Waals surface area (Å²) >= 11 is 0. The molecule has 0 heterocycles. The van der Waals surface area contributed by atoms with E-state index in [2.05, 4.69) is 15.5 Å². The normalized spacial score (nSPS) is 15.5. The van der Waals surface area contributed by atoms with E-state index in [1.807, 2.05) is 62.6 Å². The van der Waals surface area contributed by atoms with Crippen LogP contribution in [0.1, 0.15) is 36.1 Å². The number of hydrogen-bond acceptors (Lipinski definition) is 4. The first-order valence-corrected chi connectivity index (χ1v) is 10.0. The minimum absolute atomic E-state index is 0.0275. The summed E-state index contributed by atoms with van der Waals surface area (Å²) in [7, 11) is 7.34. The highest BCUT2D eigenvalue weighted by atomic mass is 16.5. The molecule has 1 aliphatic carbocycles. The third-order valence-electron chi connectivity index (χ3n) is 5.43. The summed E-state index contributed by atoms with van der Waals surface area (Å²) in [5, 5.41) is 6.22. The Kier molecular flexibility index (Phi) is 6.99. The summed E-state index contributed by atoms with van der Waals surface area (Å²) in [5.74, 6) is 2.14. The topological polar surface area (TPSA) is 62.8 Å². The van der Waals surface area contributed by atoms with Crippen LogP contribution in [-0.4, -0.2) is 45.8 Å². The van der Waals surface area contributed by atoms with Crippen molar-refractivity contribution >= 4 is 6.03 Å². The van der Waals surface area contributed by atoms with Crippen LogP contribution >= 0.6 is 0 Å². The van der Waals surface area contributed by atoms with Crippen LogP contribution < -0.4 is 20.1 Å². The first-order chi connectivity index (χ1) is 14.0. The Balaban J connectivity index is 1.61. The van der Waals surface area contributed by atoms with Crippen LogP contribution in [-0.2, 0) is 0 Å². The van der Waals surface area contributed by atoms with Crippen LogP contribution in [0.3, 0.4) is 0 Å². The number of carbonyl (C=O) groups excluding carboxylic acids is 1. The first kappa shape index (κ1) is 21.0. The Morgan fingerprint density at radius 2 is 1.48 bits per heavy atom. The van der Waals surface area contributed by atoms with Crippen molar-refractivity contribution in [1.29, 1.82) is 0 Å². The van der Waals surface area contributed by atoms with Gasteiger partial charge in [0.25, 0.3) is 0 Å². The fraction of sp³-hybridized carbons (Fsp3) is 0.435. The molecule has 1 aliphatic rings. The quantitative estimate of drug-likeness (QED) is 0.676. The number of nitrogens with one attached hydrogen (secondary N) is 2. The fourth-order valence-corrected chi connectivity index (χ4v) is 3.52. The van der Waals surface area contributed by atoms with Crippen LogP contribution in [0.4, 0.5) is 4.79 Å². The van der Waals surface area contributed by atoms with Crippen molar-refractivity contribution in [3.8, 4) is 11.5 Å². The highest BCUT2D eigenvalue weighted by Crippen LogP contribution is 2.41. The minimum Gasteiger partial charge on any atom is -0.497 e. The molecular formula is C23H31N3O3. The van der Waals surface area contributed by atoms with Crippen molar-refractivity contribution < 1.29 is 14.3 Å². The van der Waals surface area contributed by atoms with Gasteiger partial charge in [-0.3, -0.25) is 0 Å². The average molecular weight is 398 g/mol. The highest BCUT2D eigenvalue weighted by Gasteiger charge is 2.33. The van der Waals surface area contributed by atoms with E-state index in [9.17, 15) is 4.79 Å². The summed E-state index contributed by atoms with van der Waals surface area (Å²) in [6.45, 7) is 0.519. The Hall–Kier alpha value is -2.73. The molecule has 1 fully saturated rings. The molecule has 2 N–H and O–H groups in total. The number of amides is 2. The maximum atomic E-state index is 12.7. The Morgan fingerprint density at radius 1 is 0.966 bits per heavy atom. The van der Waals surface area contributed by atoms with Gasteiger partial charge in [-0.25, -0.2) is 4.79 Å². The van der Waals surface area contributed by atoms with Gasteiger partial charge in [-0.2, -0.15) is 0 Å². The molecule has 0 aromatic heterocycles. The summed E-state index contributed by atoms with van der Waals surface area (Å²) < 4.78 is 10.5. The summed E-state index contributed by atoms with van der Waals surface area (Å²) in [5.41, 5.74) is 2.24. The molecule has 2 aromatic carbocycles. The Morgan fingerprint density at radius 3 is 1.93 bits per heavy atom. The van der Waals surface area contributed by atoms with Crippen LogP contribution in [0, 0.1) is 5.92 Å². The number of hydrogen-bond donors (Lipinski definition) is 2. The SMILES string of the molecule is COc1ccc(C(NC(=O)NCC(c2ccc(OC)cc2)N(C)C)C2CC2)cc1. The molecule has 2 amide bonds. The van der Waals surface area contributed by atoms with Crippen LogP contribution in [0.2, 0.25) is 0 Å². The van der Waals surface area contributed by atoms with E-state index in [-0.39, 0.29) is 18.1 Å². The van der Waals surface area contributed by atoms with E-state index in [0.29, 0.717) is 12.5 Å². The number of likely N-dealkylation sites (N-methyl/N-ethyl adjacent to an activating group) is 1. The molecule has 2 aromatic rings. The van der Waals surface area contributed by atoms with Crippen molar-refractivity contribution in [3.05, 3.63) is 59.7 Å². The predicted octanol–water partition coefficient (Wildman–Crippen LogP) is 3.76. The van der Waals surface area contributed by atoms with Crippen molar-refractivity contribution in [2.75, 3.05) is 34.9 Å². The number of methoxy groups -OCH3 is 2. The smallest absolute Gasteiger partial charge is 0.315 e. The van der Waals surface area contributed by atoms with Gasteiger partial charge >= 0.3 is 6.03 Å². The molecule has 0 bridgehead atoms. The number of urea groups is 1. The molecule has 3 rings (SSSR count). The van der Waals surface area contributed by atoms with Crippen LogP contribution in [0.5, 0.6) is 11.5 Å². The fourth-order valence-electron chi connectivity index (χ4n) is 3.52. The van der Waals surface area contributed by atoms with E-state index in [0.717, 1.165) is 35.5 Å². The third-order valence-corrected chi connectivity index (χ3v) is 5.43. The summed E-state index contributed by atoms with van der Waals surface area (Å²) in [4.78, 5) is 14.8. The zero-order valence-corrected chi connectivity index (χ0v) is 17.6. The lowest BCUT2D eigenvalue weighted by Gasteiger charge is -2.26. The van der Waals surface area contributed by atoms with Gasteiger partial charge in [0, 0.05) is 6.54 Å². The van der Waals surface area contributed by atoms with Gasteiger partial charge in [-0.05, 0) is 68.2 Å². The number of benzene rings is 2. The summed E-state index contributed by atoms with van der Waals surface area (Å²) in [6, 6.07) is 15.9. The molecule has 0 saturated heterocycles. The van der Waals surface area contributed by atoms with Crippen LogP contribution in [0.25, 0.3) is 0 Å². The molecule has 6 heteroatoms. The van der Waals surface area contributed by atoms with E-state index in [1.165, 1.54) is 0 Å². The second-order valence-electron chi connectivity index (χ2n) is 7.70.